The molecule has 2 atom stereocenters. The van der Waals surface area contributed by atoms with Crippen LogP contribution in [0.25, 0.3) is 0 Å². The Morgan fingerprint density at radius 2 is 2.00 bits per heavy atom. The van der Waals surface area contributed by atoms with Crippen LogP contribution in [0.4, 0.5) is 0 Å². The number of rotatable bonds is 5. The Labute approximate surface area is 116 Å². The molecule has 1 rings (SSSR count). The fourth-order valence-electron chi connectivity index (χ4n) is 2.27. The first-order valence-corrected chi connectivity index (χ1v) is 8.88. The molecule has 0 saturated carbocycles. The molecule has 0 aromatic heterocycles. The molecular weight excluding hydrogens is 264 g/mol. The summed E-state index contributed by atoms with van der Waals surface area (Å²) in [5.41, 5.74) is 0. The van der Waals surface area contributed by atoms with Gasteiger partial charge in [-0.25, -0.2) is 8.42 Å². The predicted octanol–water partition coefficient (Wildman–Crippen LogP) is 0.656. The van der Waals surface area contributed by atoms with Gasteiger partial charge in [-0.05, 0) is 32.2 Å². The summed E-state index contributed by atoms with van der Waals surface area (Å²) in [6, 6.07) is 0.432. The number of amides is 1. The fourth-order valence-corrected chi connectivity index (χ4v) is 2.79. The molecule has 6 heteroatoms. The van der Waals surface area contributed by atoms with Gasteiger partial charge in [0, 0.05) is 25.4 Å². The third-order valence-electron chi connectivity index (χ3n) is 3.64. The van der Waals surface area contributed by atoms with Crippen LogP contribution in [0.2, 0.25) is 0 Å². The first-order chi connectivity index (χ1) is 8.71. The fraction of sp³-hybridized carbons (Fsp3) is 0.923. The minimum atomic E-state index is -3.30. The lowest BCUT2D eigenvalue weighted by Crippen LogP contribution is -2.48. The van der Waals surface area contributed by atoms with E-state index in [1.165, 1.54) is 6.92 Å². The molecule has 19 heavy (non-hydrogen) atoms. The van der Waals surface area contributed by atoms with Crippen LogP contribution in [0.1, 0.15) is 33.6 Å². The summed E-state index contributed by atoms with van der Waals surface area (Å²) < 4.78 is 22.9. The second-order valence-corrected chi connectivity index (χ2v) is 8.19. The van der Waals surface area contributed by atoms with E-state index in [4.69, 9.17) is 0 Å². The maximum absolute atomic E-state index is 12.2. The third-order valence-corrected chi connectivity index (χ3v) is 5.12. The number of sulfone groups is 1. The smallest absolute Gasteiger partial charge is 0.240 e. The van der Waals surface area contributed by atoms with E-state index < -0.39 is 15.1 Å². The quantitative estimate of drug-likeness (QED) is 0.807. The van der Waals surface area contributed by atoms with Crippen molar-refractivity contribution in [2.45, 2.75) is 44.9 Å². The Bertz CT molecular complexity index is 406. The van der Waals surface area contributed by atoms with Gasteiger partial charge in [0.15, 0.2) is 9.84 Å². The Kier molecular flexibility index (Phi) is 5.80. The van der Waals surface area contributed by atoms with E-state index in [9.17, 15) is 13.2 Å². The van der Waals surface area contributed by atoms with Crippen LogP contribution in [0.3, 0.4) is 0 Å². The van der Waals surface area contributed by atoms with Crippen molar-refractivity contribution in [1.82, 2.24) is 10.2 Å². The van der Waals surface area contributed by atoms with E-state index in [1.54, 1.807) is 4.90 Å². The summed E-state index contributed by atoms with van der Waals surface area (Å²) in [4.78, 5) is 13.9. The van der Waals surface area contributed by atoms with Crippen LogP contribution in [0.15, 0.2) is 0 Å². The lowest BCUT2D eigenvalue weighted by Gasteiger charge is -2.34. The summed E-state index contributed by atoms with van der Waals surface area (Å²) in [7, 11) is -3.30. The van der Waals surface area contributed by atoms with Crippen molar-refractivity contribution in [1.29, 1.82) is 0 Å². The van der Waals surface area contributed by atoms with Gasteiger partial charge in [-0.3, -0.25) is 4.79 Å². The lowest BCUT2D eigenvalue weighted by molar-refractivity contribution is -0.132. The van der Waals surface area contributed by atoms with E-state index in [2.05, 4.69) is 19.2 Å². The first-order valence-electron chi connectivity index (χ1n) is 6.93. The number of nitrogens with zero attached hydrogens (tertiary/aromatic N) is 1. The van der Waals surface area contributed by atoms with E-state index >= 15 is 0 Å². The summed E-state index contributed by atoms with van der Waals surface area (Å²) in [5.74, 6) is 0.170. The number of hydrogen-bond donors (Lipinski definition) is 1. The van der Waals surface area contributed by atoms with Gasteiger partial charge in [-0.1, -0.05) is 13.8 Å². The second kappa shape index (κ2) is 6.70. The average Bonchev–Trinajstić information content (AvgIpc) is 2.33. The highest BCUT2D eigenvalue weighted by Crippen LogP contribution is 2.18. The van der Waals surface area contributed by atoms with Crippen molar-refractivity contribution in [2.24, 2.45) is 5.92 Å². The first kappa shape index (κ1) is 16.4. The Balaban J connectivity index is 2.57. The zero-order chi connectivity index (χ0) is 14.6. The van der Waals surface area contributed by atoms with Crippen LogP contribution in [-0.4, -0.2) is 56.4 Å². The van der Waals surface area contributed by atoms with Crippen molar-refractivity contribution >= 4 is 15.7 Å². The van der Waals surface area contributed by atoms with Gasteiger partial charge in [-0.2, -0.15) is 0 Å². The molecule has 1 N–H and O–H groups in total. The highest BCUT2D eigenvalue weighted by atomic mass is 32.2. The van der Waals surface area contributed by atoms with E-state index in [-0.39, 0.29) is 5.91 Å². The maximum Gasteiger partial charge on any atom is 0.240 e. The number of carbonyl (C=O) groups excluding carboxylic acids is 1. The van der Waals surface area contributed by atoms with Crippen LogP contribution >= 0.6 is 0 Å². The number of likely N-dealkylation sites (tertiary alicyclic amines) is 1. The van der Waals surface area contributed by atoms with Gasteiger partial charge in [-0.15, -0.1) is 0 Å². The molecule has 0 aliphatic carbocycles. The molecule has 0 radical (unpaired) electrons. The molecule has 0 aromatic rings. The van der Waals surface area contributed by atoms with E-state index in [1.807, 2.05) is 0 Å². The number of carbonyl (C=O) groups is 1. The SMILES string of the molecule is CC(C)NCC1CCCN(C(=O)C(C)S(C)(=O)=O)C1. The van der Waals surface area contributed by atoms with Crippen LogP contribution in [0, 0.1) is 5.92 Å². The van der Waals surface area contributed by atoms with Gasteiger partial charge in [0.05, 0.1) is 0 Å². The van der Waals surface area contributed by atoms with Crippen molar-refractivity contribution < 1.29 is 13.2 Å². The maximum atomic E-state index is 12.2. The molecule has 112 valence electrons. The van der Waals surface area contributed by atoms with Gasteiger partial charge >= 0.3 is 0 Å². The minimum absolute atomic E-state index is 0.253. The molecule has 0 aromatic carbocycles. The molecule has 1 heterocycles. The predicted molar refractivity (Wildman–Crippen MR) is 76.7 cm³/mol. The molecule has 0 bridgehead atoms. The molecule has 1 fully saturated rings. The number of hydrogen-bond acceptors (Lipinski definition) is 4. The monoisotopic (exact) mass is 290 g/mol. The summed E-state index contributed by atoms with van der Waals surface area (Å²) in [6.45, 7) is 7.90. The number of nitrogens with one attached hydrogen (secondary N) is 1. The van der Waals surface area contributed by atoms with Crippen molar-refractivity contribution in [3.63, 3.8) is 0 Å². The molecular formula is C13H26N2O3S. The summed E-state index contributed by atoms with van der Waals surface area (Å²) in [5, 5.41) is 2.45. The summed E-state index contributed by atoms with van der Waals surface area (Å²) in [6.07, 6.45) is 3.17. The third kappa shape index (κ3) is 5.10. The van der Waals surface area contributed by atoms with Crippen LogP contribution < -0.4 is 5.32 Å². The highest BCUT2D eigenvalue weighted by molar-refractivity contribution is 7.92. The molecule has 0 spiro atoms. The molecule has 5 nitrogen and oxygen atoms in total. The zero-order valence-corrected chi connectivity index (χ0v) is 13.2. The largest absolute Gasteiger partial charge is 0.341 e. The molecule has 2 unspecified atom stereocenters. The number of piperidine rings is 1. The Morgan fingerprint density at radius 1 is 1.37 bits per heavy atom. The Hall–Kier alpha value is -0.620. The molecule has 1 aliphatic heterocycles. The topological polar surface area (TPSA) is 66.5 Å². The Morgan fingerprint density at radius 3 is 2.53 bits per heavy atom. The molecule has 1 saturated heterocycles. The van der Waals surface area contributed by atoms with Crippen LogP contribution in [0.5, 0.6) is 0 Å². The van der Waals surface area contributed by atoms with Gasteiger partial charge < -0.3 is 10.2 Å². The summed E-state index contributed by atoms with van der Waals surface area (Å²) >= 11 is 0. The normalized spacial score (nSPS) is 22.6. The van der Waals surface area contributed by atoms with Gasteiger partial charge in [0.1, 0.15) is 5.25 Å². The van der Waals surface area contributed by atoms with E-state index in [0.29, 0.717) is 25.0 Å². The van der Waals surface area contributed by atoms with Crippen molar-refractivity contribution in [3.8, 4) is 0 Å². The van der Waals surface area contributed by atoms with Gasteiger partial charge in [0.25, 0.3) is 0 Å². The average molecular weight is 290 g/mol. The van der Waals surface area contributed by atoms with E-state index in [0.717, 1.165) is 25.6 Å². The molecule has 1 amide bonds. The van der Waals surface area contributed by atoms with Crippen molar-refractivity contribution in [3.05, 3.63) is 0 Å². The highest BCUT2D eigenvalue weighted by Gasteiger charge is 2.31. The minimum Gasteiger partial charge on any atom is -0.341 e. The van der Waals surface area contributed by atoms with Crippen molar-refractivity contribution in [2.75, 3.05) is 25.9 Å². The zero-order valence-electron chi connectivity index (χ0n) is 12.3. The lowest BCUT2D eigenvalue weighted by atomic mass is 9.97. The standard InChI is InChI=1S/C13H26N2O3S/c1-10(2)14-8-12-6-5-7-15(9-12)13(16)11(3)19(4,17)18/h10-12,14H,5-9H2,1-4H3. The molecule has 1 aliphatic rings. The van der Waals surface area contributed by atoms with Crippen LogP contribution in [-0.2, 0) is 14.6 Å². The second-order valence-electron chi connectivity index (χ2n) is 5.83. The van der Waals surface area contributed by atoms with Gasteiger partial charge in [0.2, 0.25) is 5.91 Å².